The summed E-state index contributed by atoms with van der Waals surface area (Å²) in [4.78, 5) is 0. The lowest BCUT2D eigenvalue weighted by molar-refractivity contribution is 0.103. The molecule has 0 saturated carbocycles. The van der Waals surface area contributed by atoms with Gasteiger partial charge in [0.05, 0.1) is 0 Å². The van der Waals surface area contributed by atoms with Crippen LogP contribution >= 0.6 is 0 Å². The van der Waals surface area contributed by atoms with E-state index < -0.39 is 6.10 Å². The summed E-state index contributed by atoms with van der Waals surface area (Å²) >= 11 is 0. The number of hydrogen-bond acceptors (Lipinski definition) is 3. The summed E-state index contributed by atoms with van der Waals surface area (Å²) in [6.07, 6.45) is 1.70. The minimum absolute atomic E-state index is 0.330. The Hall–Kier alpha value is -1.06. The summed E-state index contributed by atoms with van der Waals surface area (Å²) in [5, 5.41) is 13.2. The Morgan fingerprint density at radius 1 is 1.17 bits per heavy atom. The van der Waals surface area contributed by atoms with E-state index >= 15 is 0 Å². The summed E-state index contributed by atoms with van der Waals surface area (Å²) < 4.78 is 5.53. The molecule has 0 aliphatic carbocycles. The number of hydrogen-bond donors (Lipinski definition) is 2. The van der Waals surface area contributed by atoms with Gasteiger partial charge in [0.2, 0.25) is 0 Å². The summed E-state index contributed by atoms with van der Waals surface area (Å²) in [5.41, 5.74) is 1.21. The lowest BCUT2D eigenvalue weighted by Crippen LogP contribution is -2.37. The van der Waals surface area contributed by atoms with Crippen molar-refractivity contribution in [2.24, 2.45) is 0 Å². The van der Waals surface area contributed by atoms with Crippen molar-refractivity contribution in [1.82, 2.24) is 5.32 Å². The minimum Gasteiger partial charge on any atom is -0.491 e. The molecule has 3 heteroatoms. The maximum absolute atomic E-state index is 9.82. The number of rotatable bonds is 8. The average Bonchev–Trinajstić information content (AvgIpc) is 2.39. The number of aliphatic hydroxyl groups is 1. The molecule has 18 heavy (non-hydrogen) atoms. The molecule has 0 heterocycles. The maximum Gasteiger partial charge on any atom is 0.119 e. The molecule has 1 aromatic rings. The van der Waals surface area contributed by atoms with E-state index in [0.717, 1.165) is 18.6 Å². The van der Waals surface area contributed by atoms with Gasteiger partial charge in [-0.3, -0.25) is 0 Å². The van der Waals surface area contributed by atoms with Crippen molar-refractivity contribution < 1.29 is 9.84 Å². The quantitative estimate of drug-likeness (QED) is 0.746. The highest BCUT2D eigenvalue weighted by atomic mass is 16.5. The second kappa shape index (κ2) is 8.11. The van der Waals surface area contributed by atoms with Crippen LogP contribution in [0.25, 0.3) is 0 Å². The largest absolute Gasteiger partial charge is 0.491 e. The van der Waals surface area contributed by atoms with Crippen LogP contribution in [0.5, 0.6) is 5.75 Å². The molecule has 1 aromatic carbocycles. The Bertz CT molecular complexity index is 320. The molecule has 3 nitrogen and oxygen atoms in total. The Morgan fingerprint density at radius 3 is 2.33 bits per heavy atom. The number of aliphatic hydroxyl groups excluding tert-OH is 1. The zero-order valence-electron chi connectivity index (χ0n) is 11.6. The van der Waals surface area contributed by atoms with E-state index in [4.69, 9.17) is 4.74 Å². The van der Waals surface area contributed by atoms with E-state index in [-0.39, 0.29) is 0 Å². The van der Waals surface area contributed by atoms with Gasteiger partial charge in [0, 0.05) is 12.6 Å². The van der Waals surface area contributed by atoms with Gasteiger partial charge in [0.25, 0.3) is 0 Å². The molecule has 0 spiro atoms. The molecular formula is C15H25NO2. The van der Waals surface area contributed by atoms with E-state index in [1.165, 1.54) is 5.56 Å². The molecule has 1 atom stereocenters. The minimum atomic E-state index is -0.466. The van der Waals surface area contributed by atoms with Crippen LogP contribution in [0.4, 0.5) is 0 Å². The van der Waals surface area contributed by atoms with Gasteiger partial charge in [-0.05, 0) is 31.9 Å². The summed E-state index contributed by atoms with van der Waals surface area (Å²) in [6.45, 7) is 7.25. The molecule has 0 aromatic heterocycles. The summed E-state index contributed by atoms with van der Waals surface area (Å²) in [5.74, 6) is 0.808. The number of benzene rings is 1. The molecule has 102 valence electrons. The molecule has 1 rings (SSSR count). The predicted molar refractivity (Wildman–Crippen MR) is 75.1 cm³/mol. The predicted octanol–water partition coefficient (Wildman–Crippen LogP) is 2.51. The average molecular weight is 251 g/mol. The van der Waals surface area contributed by atoms with Gasteiger partial charge in [-0.1, -0.05) is 31.5 Å². The smallest absolute Gasteiger partial charge is 0.119 e. The van der Waals surface area contributed by atoms with E-state index in [9.17, 15) is 5.11 Å². The molecular weight excluding hydrogens is 226 g/mol. The third-order valence-electron chi connectivity index (χ3n) is 3.09. The van der Waals surface area contributed by atoms with E-state index in [2.05, 4.69) is 19.2 Å². The number of aryl methyl sites for hydroxylation is 1. The Morgan fingerprint density at radius 2 is 1.78 bits per heavy atom. The highest BCUT2D eigenvalue weighted by Crippen LogP contribution is 2.11. The van der Waals surface area contributed by atoms with E-state index in [1.54, 1.807) is 0 Å². The monoisotopic (exact) mass is 251 g/mol. The first-order chi connectivity index (χ1) is 8.65. The molecule has 0 aliphatic heterocycles. The molecule has 0 amide bonds. The fourth-order valence-electron chi connectivity index (χ4n) is 1.77. The van der Waals surface area contributed by atoms with Gasteiger partial charge >= 0.3 is 0 Å². The van der Waals surface area contributed by atoms with Gasteiger partial charge in [-0.15, -0.1) is 0 Å². The fourth-order valence-corrected chi connectivity index (χ4v) is 1.77. The van der Waals surface area contributed by atoms with Crippen LogP contribution in [0, 0.1) is 6.92 Å². The first-order valence-corrected chi connectivity index (χ1v) is 6.76. The Labute approximate surface area is 110 Å². The Kier molecular flexibility index (Phi) is 6.76. The van der Waals surface area contributed by atoms with Crippen molar-refractivity contribution in [2.45, 2.75) is 45.8 Å². The number of ether oxygens (including phenoxy) is 1. The van der Waals surface area contributed by atoms with Crippen LogP contribution in [0.2, 0.25) is 0 Å². The van der Waals surface area contributed by atoms with Crippen molar-refractivity contribution in [3.05, 3.63) is 29.8 Å². The normalized spacial score (nSPS) is 12.7. The lowest BCUT2D eigenvalue weighted by atomic mass is 10.1. The SMILES string of the molecule is CCC(CC)NCC(O)COc1ccc(C)cc1. The summed E-state index contributed by atoms with van der Waals surface area (Å²) in [6, 6.07) is 8.35. The first kappa shape index (κ1) is 15.0. The van der Waals surface area contributed by atoms with Gasteiger partial charge in [0.1, 0.15) is 18.5 Å². The molecule has 1 unspecified atom stereocenters. The van der Waals surface area contributed by atoms with Crippen molar-refractivity contribution in [2.75, 3.05) is 13.2 Å². The standard InChI is InChI=1S/C15H25NO2/c1-4-13(5-2)16-10-14(17)11-18-15-8-6-12(3)7-9-15/h6-9,13-14,16-17H,4-5,10-11H2,1-3H3. The van der Waals surface area contributed by atoms with Crippen molar-refractivity contribution in [1.29, 1.82) is 0 Å². The van der Waals surface area contributed by atoms with Crippen LogP contribution < -0.4 is 10.1 Å². The fraction of sp³-hybridized carbons (Fsp3) is 0.600. The topological polar surface area (TPSA) is 41.5 Å². The third-order valence-corrected chi connectivity index (χ3v) is 3.09. The number of nitrogens with one attached hydrogen (secondary N) is 1. The molecule has 0 saturated heterocycles. The molecule has 2 N–H and O–H groups in total. The maximum atomic E-state index is 9.82. The van der Waals surface area contributed by atoms with Crippen LogP contribution in [0.15, 0.2) is 24.3 Å². The molecule has 0 fully saturated rings. The molecule has 0 aliphatic rings. The summed E-state index contributed by atoms with van der Waals surface area (Å²) in [7, 11) is 0. The molecule has 0 radical (unpaired) electrons. The van der Waals surface area contributed by atoms with Gasteiger partial charge in [0.15, 0.2) is 0 Å². The second-order valence-corrected chi connectivity index (χ2v) is 4.70. The highest BCUT2D eigenvalue weighted by molar-refractivity contribution is 5.26. The Balaban J connectivity index is 2.24. The van der Waals surface area contributed by atoms with Crippen LogP contribution in [0.1, 0.15) is 32.3 Å². The van der Waals surface area contributed by atoms with Gasteiger partial charge in [-0.25, -0.2) is 0 Å². The van der Waals surface area contributed by atoms with Crippen LogP contribution in [0.3, 0.4) is 0 Å². The van der Waals surface area contributed by atoms with Crippen LogP contribution in [-0.4, -0.2) is 30.4 Å². The highest BCUT2D eigenvalue weighted by Gasteiger charge is 2.08. The third kappa shape index (κ3) is 5.52. The second-order valence-electron chi connectivity index (χ2n) is 4.70. The molecule has 0 bridgehead atoms. The zero-order valence-corrected chi connectivity index (χ0v) is 11.6. The van der Waals surface area contributed by atoms with Crippen molar-refractivity contribution >= 4 is 0 Å². The first-order valence-electron chi connectivity index (χ1n) is 6.76. The lowest BCUT2D eigenvalue weighted by Gasteiger charge is -2.18. The van der Waals surface area contributed by atoms with E-state index in [1.807, 2.05) is 31.2 Å². The van der Waals surface area contributed by atoms with E-state index in [0.29, 0.717) is 19.2 Å². The van der Waals surface area contributed by atoms with Gasteiger partial charge < -0.3 is 15.2 Å². The van der Waals surface area contributed by atoms with Crippen molar-refractivity contribution in [3.63, 3.8) is 0 Å². The van der Waals surface area contributed by atoms with Crippen LogP contribution in [-0.2, 0) is 0 Å². The zero-order chi connectivity index (χ0) is 13.4. The van der Waals surface area contributed by atoms with Gasteiger partial charge in [-0.2, -0.15) is 0 Å². The van der Waals surface area contributed by atoms with Crippen molar-refractivity contribution in [3.8, 4) is 5.75 Å².